The highest BCUT2D eigenvalue weighted by molar-refractivity contribution is 5.92. The minimum atomic E-state index is -0.0717. The Balaban J connectivity index is 3.38. The molecule has 94 valence electrons. The van der Waals surface area contributed by atoms with Gasteiger partial charge in [-0.2, -0.15) is 0 Å². The fraction of sp³-hybridized carbons (Fsp3) is 0.538. The van der Waals surface area contributed by atoms with Gasteiger partial charge in [-0.25, -0.2) is 0 Å². The number of nitrogens with one attached hydrogen (secondary N) is 1. The van der Waals surface area contributed by atoms with Crippen LogP contribution in [0.2, 0.25) is 0 Å². The van der Waals surface area contributed by atoms with E-state index in [4.69, 9.17) is 0 Å². The van der Waals surface area contributed by atoms with E-state index in [1.54, 1.807) is 11.7 Å². The summed E-state index contributed by atoms with van der Waals surface area (Å²) in [7, 11) is 3.50. The van der Waals surface area contributed by atoms with Gasteiger partial charge in [-0.15, -0.1) is 9.36 Å². The first-order valence-corrected chi connectivity index (χ1v) is 6.06. The summed E-state index contributed by atoms with van der Waals surface area (Å²) < 4.78 is 3.60. The second kappa shape index (κ2) is 5.66. The molecule has 0 spiro atoms. The Kier molecular flexibility index (Phi) is 4.49. The van der Waals surface area contributed by atoms with E-state index in [0.29, 0.717) is 5.69 Å². The Bertz CT molecular complexity index is 432. The van der Waals surface area contributed by atoms with Crippen LogP contribution in [0.15, 0.2) is 6.07 Å². The molecule has 1 aromatic rings. The van der Waals surface area contributed by atoms with Crippen molar-refractivity contribution < 1.29 is 9.48 Å². The number of carbonyl (C=O) groups excluding carboxylic acids is 1. The second-order valence-electron chi connectivity index (χ2n) is 4.15. The molecule has 1 amide bonds. The Morgan fingerprint density at radius 2 is 2.18 bits per heavy atom. The molecule has 0 saturated carbocycles. The molecule has 0 atom stereocenters. The van der Waals surface area contributed by atoms with E-state index in [1.807, 2.05) is 17.8 Å². The van der Waals surface area contributed by atoms with Gasteiger partial charge < -0.3 is 5.32 Å². The van der Waals surface area contributed by atoms with Crippen molar-refractivity contribution in [3.63, 3.8) is 0 Å². The summed E-state index contributed by atoms with van der Waals surface area (Å²) in [6, 6.07) is 1.98. The second-order valence-corrected chi connectivity index (χ2v) is 4.15. The van der Waals surface area contributed by atoms with Gasteiger partial charge in [0, 0.05) is 7.05 Å². The number of hydrogen-bond donors (Lipinski definition) is 1. The van der Waals surface area contributed by atoms with Crippen LogP contribution in [0.5, 0.6) is 0 Å². The number of hydrogen-bond acceptors (Lipinski definition) is 1. The van der Waals surface area contributed by atoms with Crippen LogP contribution in [-0.4, -0.2) is 36.1 Å². The van der Waals surface area contributed by atoms with Crippen LogP contribution in [0, 0.1) is 0 Å². The zero-order chi connectivity index (χ0) is 13.0. The first kappa shape index (κ1) is 13.5. The van der Waals surface area contributed by atoms with Crippen molar-refractivity contribution in [3.8, 4) is 0 Å². The van der Waals surface area contributed by atoms with Crippen molar-refractivity contribution in [1.82, 2.24) is 9.99 Å². The van der Waals surface area contributed by atoms with Crippen molar-refractivity contribution >= 4 is 12.6 Å². The van der Waals surface area contributed by atoms with E-state index in [-0.39, 0.29) is 5.91 Å². The van der Waals surface area contributed by atoms with E-state index in [2.05, 4.69) is 25.9 Å². The molecule has 4 heteroatoms. The predicted molar refractivity (Wildman–Crippen MR) is 69.9 cm³/mol. The number of nitrogens with zero attached hydrogens (tertiary/aromatic N) is 2. The Labute approximate surface area is 103 Å². The Morgan fingerprint density at radius 3 is 2.59 bits per heavy atom. The van der Waals surface area contributed by atoms with Crippen LogP contribution in [-0.2, 0) is 12.8 Å². The molecule has 17 heavy (non-hydrogen) atoms. The fourth-order valence-electron chi connectivity index (χ4n) is 2.13. The van der Waals surface area contributed by atoms with Crippen LogP contribution in [0.1, 0.15) is 42.0 Å². The normalized spacial score (nSPS) is 10.4. The molecule has 1 heterocycles. The molecule has 0 aliphatic rings. The van der Waals surface area contributed by atoms with E-state index >= 15 is 0 Å². The maximum absolute atomic E-state index is 11.8. The van der Waals surface area contributed by atoms with Gasteiger partial charge in [0.1, 0.15) is 0 Å². The highest BCUT2D eigenvalue weighted by Crippen LogP contribution is 2.18. The third kappa shape index (κ3) is 2.57. The Morgan fingerprint density at radius 1 is 1.53 bits per heavy atom. The third-order valence-electron chi connectivity index (χ3n) is 2.82. The molecule has 0 aromatic carbocycles. The quantitative estimate of drug-likeness (QED) is 0.610. The van der Waals surface area contributed by atoms with Gasteiger partial charge in [0.2, 0.25) is 0 Å². The summed E-state index contributed by atoms with van der Waals surface area (Å²) >= 11 is 0. The zero-order valence-electron chi connectivity index (χ0n) is 11.2. The number of amides is 1. The SMILES string of the molecule is C=[N+](C)n1c(C(=O)NC)cc(CCC)c1CC. The summed E-state index contributed by atoms with van der Waals surface area (Å²) in [5.41, 5.74) is 3.07. The molecule has 0 unspecified atom stereocenters. The lowest BCUT2D eigenvalue weighted by Gasteiger charge is -2.06. The van der Waals surface area contributed by atoms with Crippen molar-refractivity contribution in [2.24, 2.45) is 0 Å². The summed E-state index contributed by atoms with van der Waals surface area (Å²) in [5, 5.41) is 2.67. The van der Waals surface area contributed by atoms with Gasteiger partial charge in [-0.3, -0.25) is 4.79 Å². The Hall–Kier alpha value is -1.58. The average Bonchev–Trinajstić information content (AvgIpc) is 2.67. The van der Waals surface area contributed by atoms with Crippen LogP contribution in [0.3, 0.4) is 0 Å². The summed E-state index contributed by atoms with van der Waals surface area (Å²) in [6.45, 7) is 8.13. The lowest BCUT2D eigenvalue weighted by Crippen LogP contribution is -2.26. The first-order valence-electron chi connectivity index (χ1n) is 6.06. The predicted octanol–water partition coefficient (Wildman–Crippen LogP) is 1.47. The maximum atomic E-state index is 11.8. The number of aromatic nitrogens is 1. The van der Waals surface area contributed by atoms with E-state index in [9.17, 15) is 4.79 Å². The van der Waals surface area contributed by atoms with Crippen LogP contribution in [0.25, 0.3) is 0 Å². The molecule has 0 aliphatic carbocycles. The van der Waals surface area contributed by atoms with Crippen molar-refractivity contribution in [1.29, 1.82) is 0 Å². The van der Waals surface area contributed by atoms with Gasteiger partial charge >= 0.3 is 0 Å². The zero-order valence-corrected chi connectivity index (χ0v) is 11.2. The average molecular weight is 236 g/mol. The van der Waals surface area contributed by atoms with Gasteiger partial charge in [0.05, 0.1) is 5.69 Å². The van der Waals surface area contributed by atoms with Crippen molar-refractivity contribution in [3.05, 3.63) is 23.0 Å². The molecule has 4 nitrogen and oxygen atoms in total. The standard InChI is InChI=1S/C13H21N3O/c1-6-8-10-9-12(13(17)14-3)16(15(4)5)11(10)7-2/h9H,4,6-8H2,1-3,5H3/p+1. The van der Waals surface area contributed by atoms with Crippen LogP contribution in [0.4, 0.5) is 0 Å². The monoisotopic (exact) mass is 236 g/mol. The molecule has 1 aromatic heterocycles. The van der Waals surface area contributed by atoms with Crippen molar-refractivity contribution in [2.75, 3.05) is 14.1 Å². The summed E-state index contributed by atoms with van der Waals surface area (Å²) in [5.74, 6) is -0.0717. The molecule has 1 N–H and O–H groups in total. The highest BCUT2D eigenvalue weighted by Gasteiger charge is 2.22. The molecule has 0 radical (unpaired) electrons. The van der Waals surface area contributed by atoms with Gasteiger partial charge in [0.25, 0.3) is 5.91 Å². The lowest BCUT2D eigenvalue weighted by molar-refractivity contribution is -0.551. The molecule has 0 fully saturated rings. The minimum Gasteiger partial charge on any atom is -0.354 e. The molecule has 0 bridgehead atoms. The maximum Gasteiger partial charge on any atom is 0.273 e. The van der Waals surface area contributed by atoms with E-state index in [1.165, 1.54) is 11.3 Å². The van der Waals surface area contributed by atoms with Gasteiger partial charge in [-0.05, 0) is 24.5 Å². The van der Waals surface area contributed by atoms with Crippen LogP contribution < -0.4 is 5.32 Å². The molecular weight excluding hydrogens is 214 g/mol. The van der Waals surface area contributed by atoms with Crippen molar-refractivity contribution in [2.45, 2.75) is 33.1 Å². The van der Waals surface area contributed by atoms with Gasteiger partial charge in [-0.1, -0.05) is 20.3 Å². The third-order valence-corrected chi connectivity index (χ3v) is 2.82. The summed E-state index contributed by atoms with van der Waals surface area (Å²) in [6.07, 6.45) is 2.96. The molecule has 0 aliphatic heterocycles. The number of aryl methyl sites for hydroxylation is 1. The number of rotatable bonds is 5. The van der Waals surface area contributed by atoms with Gasteiger partial charge in [0.15, 0.2) is 19.5 Å². The molecule has 1 rings (SSSR count). The first-order chi connectivity index (χ1) is 8.06. The fourth-order valence-corrected chi connectivity index (χ4v) is 2.13. The van der Waals surface area contributed by atoms with E-state index in [0.717, 1.165) is 19.3 Å². The lowest BCUT2D eigenvalue weighted by atomic mass is 10.1. The smallest absolute Gasteiger partial charge is 0.273 e. The topological polar surface area (TPSA) is 37.0 Å². The molecular formula is C13H22N3O+. The van der Waals surface area contributed by atoms with E-state index < -0.39 is 0 Å². The molecule has 0 saturated heterocycles. The highest BCUT2D eigenvalue weighted by atomic mass is 16.2. The minimum absolute atomic E-state index is 0.0717. The van der Waals surface area contributed by atoms with Crippen LogP contribution >= 0.6 is 0 Å². The number of carbonyl (C=O) groups is 1. The largest absolute Gasteiger partial charge is 0.354 e. The summed E-state index contributed by atoms with van der Waals surface area (Å²) in [4.78, 5) is 11.8.